The summed E-state index contributed by atoms with van der Waals surface area (Å²) in [6, 6.07) is 14.8. The molecule has 2 aromatic rings. The first-order chi connectivity index (χ1) is 13.0. The van der Waals surface area contributed by atoms with Gasteiger partial charge in [-0.2, -0.15) is 0 Å². The van der Waals surface area contributed by atoms with Gasteiger partial charge in [-0.25, -0.2) is 0 Å². The Bertz CT molecular complexity index is 884. The second kappa shape index (κ2) is 8.26. The number of nitrogens with zero attached hydrogens (tertiary/aromatic N) is 2. The van der Waals surface area contributed by atoms with Crippen molar-refractivity contribution < 1.29 is 19.5 Å². The summed E-state index contributed by atoms with van der Waals surface area (Å²) >= 11 is 1.30. The number of carboxylic acids is 1. The monoisotopic (exact) mass is 384 g/mol. The van der Waals surface area contributed by atoms with E-state index < -0.39 is 5.97 Å². The zero-order chi connectivity index (χ0) is 19.4. The Morgan fingerprint density at radius 3 is 2.59 bits per heavy atom. The second-order valence-corrected chi connectivity index (χ2v) is 7.28. The van der Waals surface area contributed by atoms with Crippen LogP contribution >= 0.6 is 11.8 Å². The molecule has 2 aromatic carbocycles. The van der Waals surface area contributed by atoms with Gasteiger partial charge in [-0.1, -0.05) is 30.3 Å². The molecule has 6 nitrogen and oxygen atoms in total. The van der Waals surface area contributed by atoms with Gasteiger partial charge in [0.1, 0.15) is 6.54 Å². The molecule has 27 heavy (non-hydrogen) atoms. The zero-order valence-electron chi connectivity index (χ0n) is 14.9. The summed E-state index contributed by atoms with van der Waals surface area (Å²) < 4.78 is 0. The van der Waals surface area contributed by atoms with E-state index in [1.165, 1.54) is 24.4 Å². The van der Waals surface area contributed by atoms with Crippen molar-refractivity contribution in [2.45, 2.75) is 11.3 Å². The van der Waals surface area contributed by atoms with Crippen LogP contribution in [0.25, 0.3) is 0 Å². The fourth-order valence-electron chi connectivity index (χ4n) is 3.06. The van der Waals surface area contributed by atoms with E-state index in [1.807, 2.05) is 24.3 Å². The second-order valence-electron chi connectivity index (χ2n) is 6.26. The van der Waals surface area contributed by atoms with E-state index in [4.69, 9.17) is 5.11 Å². The van der Waals surface area contributed by atoms with Crippen LogP contribution in [0.2, 0.25) is 0 Å². The SMILES string of the molecule is CN(CC(=O)O)C(=O)c1ccccc1SCC(=O)N1CCc2ccccc21. The highest BCUT2D eigenvalue weighted by atomic mass is 32.2. The van der Waals surface area contributed by atoms with Gasteiger partial charge in [0.25, 0.3) is 5.91 Å². The van der Waals surface area contributed by atoms with Crippen molar-refractivity contribution in [3.05, 3.63) is 59.7 Å². The largest absolute Gasteiger partial charge is 0.480 e. The molecule has 0 fully saturated rings. The first-order valence-electron chi connectivity index (χ1n) is 8.54. The normalized spacial score (nSPS) is 12.6. The summed E-state index contributed by atoms with van der Waals surface area (Å²) in [7, 11) is 1.45. The Kier molecular flexibility index (Phi) is 5.81. The molecule has 1 heterocycles. The molecule has 140 valence electrons. The number of fused-ring (bicyclic) bond motifs is 1. The number of likely N-dealkylation sites (N-methyl/N-ethyl adjacent to an activating group) is 1. The number of benzene rings is 2. The predicted octanol–water partition coefficient (Wildman–Crippen LogP) is 2.52. The lowest BCUT2D eigenvalue weighted by Gasteiger charge is -2.19. The van der Waals surface area contributed by atoms with Gasteiger partial charge >= 0.3 is 5.97 Å². The van der Waals surface area contributed by atoms with Gasteiger partial charge < -0.3 is 14.9 Å². The summed E-state index contributed by atoms with van der Waals surface area (Å²) in [5.74, 6) is -1.24. The molecule has 1 aliphatic heterocycles. The smallest absolute Gasteiger partial charge is 0.323 e. The molecule has 0 unspecified atom stereocenters. The average Bonchev–Trinajstić information content (AvgIpc) is 3.09. The van der Waals surface area contributed by atoms with E-state index in [2.05, 4.69) is 0 Å². The van der Waals surface area contributed by atoms with E-state index >= 15 is 0 Å². The predicted molar refractivity (Wildman–Crippen MR) is 104 cm³/mol. The van der Waals surface area contributed by atoms with Crippen molar-refractivity contribution in [3.63, 3.8) is 0 Å². The fraction of sp³-hybridized carbons (Fsp3) is 0.250. The molecule has 1 N–H and O–H groups in total. The van der Waals surface area contributed by atoms with E-state index in [1.54, 1.807) is 29.2 Å². The number of hydrogen-bond acceptors (Lipinski definition) is 4. The highest BCUT2D eigenvalue weighted by Gasteiger charge is 2.25. The maximum atomic E-state index is 12.7. The highest BCUT2D eigenvalue weighted by Crippen LogP contribution is 2.30. The first kappa shape index (κ1) is 19.0. The lowest BCUT2D eigenvalue weighted by Crippen LogP contribution is -2.32. The average molecular weight is 384 g/mol. The minimum absolute atomic E-state index is 0.00825. The Hall–Kier alpha value is -2.80. The first-order valence-corrected chi connectivity index (χ1v) is 9.53. The summed E-state index contributed by atoms with van der Waals surface area (Å²) in [6.45, 7) is 0.294. The number of aliphatic carboxylic acids is 1. The topological polar surface area (TPSA) is 77.9 Å². The zero-order valence-corrected chi connectivity index (χ0v) is 15.7. The molecule has 0 atom stereocenters. The molecule has 0 radical (unpaired) electrons. The lowest BCUT2D eigenvalue weighted by molar-refractivity contribution is -0.137. The minimum atomic E-state index is -1.07. The van der Waals surface area contributed by atoms with Gasteiger partial charge in [-0.15, -0.1) is 11.8 Å². The maximum absolute atomic E-state index is 12.7. The molecule has 7 heteroatoms. The minimum Gasteiger partial charge on any atom is -0.480 e. The third-order valence-electron chi connectivity index (χ3n) is 4.38. The summed E-state index contributed by atoms with van der Waals surface area (Å²) in [5, 5.41) is 8.88. The number of anilines is 1. The van der Waals surface area contributed by atoms with Crippen LogP contribution in [0.4, 0.5) is 5.69 Å². The molecular weight excluding hydrogens is 364 g/mol. The van der Waals surface area contributed by atoms with Gasteiger partial charge in [-0.3, -0.25) is 14.4 Å². The quantitative estimate of drug-likeness (QED) is 0.775. The van der Waals surface area contributed by atoms with Crippen molar-refractivity contribution in [1.29, 1.82) is 0 Å². The Balaban J connectivity index is 1.69. The molecule has 0 saturated carbocycles. The number of carboxylic acid groups (broad SMARTS) is 1. The van der Waals surface area contributed by atoms with Crippen LogP contribution in [0, 0.1) is 0 Å². The maximum Gasteiger partial charge on any atom is 0.323 e. The Morgan fingerprint density at radius 1 is 1.11 bits per heavy atom. The van der Waals surface area contributed by atoms with Crippen LogP contribution in [0.15, 0.2) is 53.4 Å². The number of carbonyl (C=O) groups is 3. The van der Waals surface area contributed by atoms with Crippen LogP contribution in [0.5, 0.6) is 0 Å². The van der Waals surface area contributed by atoms with Crippen LogP contribution in [0.3, 0.4) is 0 Å². The van der Waals surface area contributed by atoms with Crippen molar-refractivity contribution in [2.24, 2.45) is 0 Å². The lowest BCUT2D eigenvalue weighted by atomic mass is 10.2. The third-order valence-corrected chi connectivity index (χ3v) is 5.43. The van der Waals surface area contributed by atoms with Crippen LogP contribution in [-0.4, -0.2) is 53.7 Å². The highest BCUT2D eigenvalue weighted by molar-refractivity contribution is 8.00. The van der Waals surface area contributed by atoms with Gasteiger partial charge in [-0.05, 0) is 30.2 Å². The molecular formula is C20H20N2O4S. The Labute approximate surface area is 161 Å². The van der Waals surface area contributed by atoms with Crippen molar-refractivity contribution in [3.8, 4) is 0 Å². The summed E-state index contributed by atoms with van der Waals surface area (Å²) in [6.07, 6.45) is 0.849. The number of amides is 2. The van der Waals surface area contributed by atoms with Crippen LogP contribution < -0.4 is 4.90 Å². The van der Waals surface area contributed by atoms with Gasteiger partial charge in [0.05, 0.1) is 11.3 Å². The van der Waals surface area contributed by atoms with Crippen molar-refractivity contribution in [2.75, 3.05) is 30.8 Å². The number of rotatable bonds is 6. The van der Waals surface area contributed by atoms with Crippen LogP contribution in [0.1, 0.15) is 15.9 Å². The molecule has 0 saturated heterocycles. The third kappa shape index (κ3) is 4.31. The Morgan fingerprint density at radius 2 is 1.81 bits per heavy atom. The standard InChI is InChI=1S/C20H20N2O4S/c1-21(12-19(24)25)20(26)15-7-3-5-9-17(15)27-13-18(23)22-11-10-14-6-2-4-8-16(14)22/h2-9H,10-13H2,1H3,(H,24,25). The van der Waals surface area contributed by atoms with Crippen molar-refractivity contribution in [1.82, 2.24) is 4.90 Å². The number of para-hydroxylation sites is 1. The number of carbonyl (C=O) groups excluding carboxylic acids is 2. The fourth-order valence-corrected chi connectivity index (χ4v) is 3.98. The van der Waals surface area contributed by atoms with Gasteiger partial charge in [0.2, 0.25) is 5.91 Å². The molecule has 0 bridgehead atoms. The number of hydrogen-bond donors (Lipinski definition) is 1. The molecule has 2 amide bonds. The number of thioether (sulfide) groups is 1. The molecule has 1 aliphatic rings. The molecule has 3 rings (SSSR count). The van der Waals surface area contributed by atoms with E-state index in [0.29, 0.717) is 17.0 Å². The summed E-state index contributed by atoms with van der Waals surface area (Å²) in [5.41, 5.74) is 2.52. The van der Waals surface area contributed by atoms with Crippen molar-refractivity contribution >= 4 is 35.2 Å². The van der Waals surface area contributed by atoms with Gasteiger partial charge in [0, 0.05) is 24.2 Å². The summed E-state index contributed by atoms with van der Waals surface area (Å²) in [4.78, 5) is 39.6. The molecule has 0 spiro atoms. The molecule has 0 aliphatic carbocycles. The van der Waals surface area contributed by atoms with Crippen LogP contribution in [-0.2, 0) is 16.0 Å². The molecule has 0 aromatic heterocycles. The van der Waals surface area contributed by atoms with E-state index in [0.717, 1.165) is 17.0 Å². The van der Waals surface area contributed by atoms with Gasteiger partial charge in [0.15, 0.2) is 0 Å². The van der Waals surface area contributed by atoms with E-state index in [-0.39, 0.29) is 24.1 Å². The van der Waals surface area contributed by atoms with E-state index in [9.17, 15) is 14.4 Å².